The predicted molar refractivity (Wildman–Crippen MR) is 74.2 cm³/mol. The molecule has 0 bridgehead atoms. The molecule has 0 saturated heterocycles. The Bertz CT molecular complexity index is 173. The molecule has 0 amide bonds. The second-order valence-corrected chi connectivity index (χ2v) is 6.23. The van der Waals surface area contributed by atoms with Crippen LogP contribution in [0.15, 0.2) is 0 Å². The Morgan fingerprint density at radius 1 is 0.812 bits per heavy atom. The van der Waals surface area contributed by atoms with Gasteiger partial charge in [0.25, 0.3) is 0 Å². The molecule has 94 valence electrons. The Hall–Kier alpha value is 0.310. The van der Waals surface area contributed by atoms with Crippen molar-refractivity contribution in [2.45, 2.75) is 51.4 Å². The van der Waals surface area contributed by atoms with E-state index < -0.39 is 0 Å². The van der Waals surface area contributed by atoms with E-state index >= 15 is 0 Å². The zero-order valence-electron chi connectivity index (χ0n) is 10.5. The summed E-state index contributed by atoms with van der Waals surface area (Å²) in [6.07, 6.45) is 11.5. The average Bonchev–Trinajstić information content (AvgIpc) is 3.12. The third kappa shape index (κ3) is 5.58. The topological polar surface area (TPSA) is 3.24 Å². The second-order valence-electron chi connectivity index (χ2n) is 5.78. The van der Waals surface area contributed by atoms with Gasteiger partial charge in [-0.25, -0.2) is 0 Å². The number of nitrogens with zero attached hydrogens (tertiary/aromatic N) is 1. The maximum atomic E-state index is 4.26. The van der Waals surface area contributed by atoms with Crippen molar-refractivity contribution < 1.29 is 0 Å². The quantitative estimate of drug-likeness (QED) is 0.452. The van der Waals surface area contributed by atoms with Gasteiger partial charge in [0.15, 0.2) is 0 Å². The first-order valence-electron chi connectivity index (χ1n) is 7.21. The van der Waals surface area contributed by atoms with E-state index in [0.29, 0.717) is 0 Å². The van der Waals surface area contributed by atoms with Gasteiger partial charge in [0.1, 0.15) is 0 Å². The molecule has 0 N–H and O–H groups in total. The van der Waals surface area contributed by atoms with E-state index in [1.807, 2.05) is 0 Å². The fourth-order valence-corrected chi connectivity index (χ4v) is 2.61. The lowest BCUT2D eigenvalue weighted by Crippen LogP contribution is -2.29. The normalized spacial score (nSPS) is 20.6. The molecule has 2 aliphatic carbocycles. The molecule has 0 aromatic heterocycles. The van der Waals surface area contributed by atoms with Crippen LogP contribution in [0.5, 0.6) is 0 Å². The first-order chi connectivity index (χ1) is 7.88. The van der Waals surface area contributed by atoms with Crippen LogP contribution in [-0.2, 0) is 0 Å². The van der Waals surface area contributed by atoms with E-state index in [1.165, 1.54) is 71.0 Å². The van der Waals surface area contributed by atoms with Gasteiger partial charge in [0.05, 0.1) is 0 Å². The first-order valence-corrected chi connectivity index (χ1v) is 7.85. The van der Waals surface area contributed by atoms with Crippen LogP contribution >= 0.6 is 12.6 Å². The number of thiol groups is 1. The van der Waals surface area contributed by atoms with Crippen LogP contribution in [0.4, 0.5) is 0 Å². The van der Waals surface area contributed by atoms with Gasteiger partial charge in [-0.3, -0.25) is 0 Å². The molecule has 2 saturated carbocycles. The minimum Gasteiger partial charge on any atom is -0.303 e. The molecule has 0 unspecified atom stereocenters. The van der Waals surface area contributed by atoms with Gasteiger partial charge in [0, 0.05) is 13.1 Å². The minimum atomic E-state index is 1.06. The third-order valence-corrected chi connectivity index (χ3v) is 4.13. The lowest BCUT2D eigenvalue weighted by atomic mass is 10.2. The standard InChI is InChI=1S/C14H27NS/c16-10-4-2-1-3-9-15(11-13-5-6-13)12-14-7-8-14/h13-14,16H,1-12H2. The molecule has 2 fully saturated rings. The summed E-state index contributed by atoms with van der Waals surface area (Å²) in [5.41, 5.74) is 0. The van der Waals surface area contributed by atoms with Gasteiger partial charge in [-0.2, -0.15) is 12.6 Å². The van der Waals surface area contributed by atoms with E-state index in [2.05, 4.69) is 17.5 Å². The van der Waals surface area contributed by atoms with Crippen LogP contribution in [0.1, 0.15) is 51.4 Å². The van der Waals surface area contributed by atoms with Gasteiger partial charge in [-0.05, 0) is 62.7 Å². The van der Waals surface area contributed by atoms with Crippen LogP contribution in [0, 0.1) is 11.8 Å². The molecule has 2 rings (SSSR count). The molecule has 0 spiro atoms. The summed E-state index contributed by atoms with van der Waals surface area (Å²) in [5.74, 6) is 3.20. The number of unbranched alkanes of at least 4 members (excludes halogenated alkanes) is 3. The Kier molecular flexibility index (Phi) is 5.51. The maximum absolute atomic E-state index is 4.26. The Labute approximate surface area is 106 Å². The predicted octanol–water partition coefficient (Wildman–Crippen LogP) is 3.60. The molecule has 0 aliphatic heterocycles. The van der Waals surface area contributed by atoms with Crippen molar-refractivity contribution in [3.05, 3.63) is 0 Å². The molecule has 0 aromatic rings. The fraction of sp³-hybridized carbons (Fsp3) is 1.00. The van der Waals surface area contributed by atoms with Gasteiger partial charge in [0.2, 0.25) is 0 Å². The molecule has 2 aliphatic rings. The summed E-state index contributed by atoms with van der Waals surface area (Å²) in [5, 5.41) is 0. The van der Waals surface area contributed by atoms with Crippen LogP contribution in [0.3, 0.4) is 0 Å². The Morgan fingerprint density at radius 3 is 1.88 bits per heavy atom. The molecule has 2 heteroatoms. The number of hydrogen-bond acceptors (Lipinski definition) is 2. The van der Waals surface area contributed by atoms with E-state index in [4.69, 9.17) is 0 Å². The van der Waals surface area contributed by atoms with E-state index in [0.717, 1.165) is 17.6 Å². The molecule has 0 heterocycles. The molecule has 16 heavy (non-hydrogen) atoms. The highest BCUT2D eigenvalue weighted by molar-refractivity contribution is 7.80. The third-order valence-electron chi connectivity index (χ3n) is 3.81. The lowest BCUT2D eigenvalue weighted by Gasteiger charge is -2.22. The van der Waals surface area contributed by atoms with Crippen molar-refractivity contribution in [2.75, 3.05) is 25.4 Å². The van der Waals surface area contributed by atoms with Crippen molar-refractivity contribution in [3.63, 3.8) is 0 Å². The van der Waals surface area contributed by atoms with Crippen LogP contribution in [-0.4, -0.2) is 30.3 Å². The molecule has 0 aromatic carbocycles. The zero-order chi connectivity index (χ0) is 11.2. The minimum absolute atomic E-state index is 1.06. The lowest BCUT2D eigenvalue weighted by molar-refractivity contribution is 0.247. The van der Waals surface area contributed by atoms with Crippen molar-refractivity contribution >= 4 is 12.6 Å². The van der Waals surface area contributed by atoms with Crippen molar-refractivity contribution in [1.82, 2.24) is 4.90 Å². The van der Waals surface area contributed by atoms with E-state index in [9.17, 15) is 0 Å². The van der Waals surface area contributed by atoms with Gasteiger partial charge >= 0.3 is 0 Å². The zero-order valence-corrected chi connectivity index (χ0v) is 11.4. The summed E-state index contributed by atoms with van der Waals surface area (Å²) in [7, 11) is 0. The molecule has 0 radical (unpaired) electrons. The van der Waals surface area contributed by atoms with E-state index in [-0.39, 0.29) is 0 Å². The number of hydrogen-bond donors (Lipinski definition) is 1. The smallest absolute Gasteiger partial charge is 0.000978 e. The first kappa shape index (κ1) is 12.8. The molecule has 1 nitrogen and oxygen atoms in total. The van der Waals surface area contributed by atoms with Gasteiger partial charge in [-0.1, -0.05) is 12.8 Å². The Balaban J connectivity index is 1.53. The van der Waals surface area contributed by atoms with Crippen molar-refractivity contribution in [2.24, 2.45) is 11.8 Å². The summed E-state index contributed by atoms with van der Waals surface area (Å²) >= 11 is 4.26. The number of rotatable bonds is 10. The maximum Gasteiger partial charge on any atom is 0.000978 e. The Morgan fingerprint density at radius 2 is 1.38 bits per heavy atom. The summed E-state index contributed by atoms with van der Waals surface area (Å²) in [6, 6.07) is 0. The highest BCUT2D eigenvalue weighted by atomic mass is 32.1. The van der Waals surface area contributed by atoms with E-state index in [1.54, 1.807) is 0 Å². The van der Waals surface area contributed by atoms with Crippen LogP contribution < -0.4 is 0 Å². The van der Waals surface area contributed by atoms with Crippen molar-refractivity contribution in [3.8, 4) is 0 Å². The summed E-state index contributed by atoms with van der Waals surface area (Å²) in [4.78, 5) is 2.76. The molecular weight excluding hydrogens is 214 g/mol. The van der Waals surface area contributed by atoms with Crippen LogP contribution in [0.2, 0.25) is 0 Å². The monoisotopic (exact) mass is 241 g/mol. The SMILES string of the molecule is SCCCCCCN(CC1CC1)CC1CC1. The second kappa shape index (κ2) is 6.90. The largest absolute Gasteiger partial charge is 0.303 e. The average molecular weight is 241 g/mol. The highest BCUT2D eigenvalue weighted by Crippen LogP contribution is 2.33. The molecular formula is C14H27NS. The fourth-order valence-electron chi connectivity index (χ4n) is 2.39. The highest BCUT2D eigenvalue weighted by Gasteiger charge is 2.28. The van der Waals surface area contributed by atoms with Crippen molar-refractivity contribution in [1.29, 1.82) is 0 Å². The van der Waals surface area contributed by atoms with Gasteiger partial charge in [-0.15, -0.1) is 0 Å². The van der Waals surface area contributed by atoms with Crippen LogP contribution in [0.25, 0.3) is 0 Å². The summed E-state index contributed by atoms with van der Waals surface area (Å²) < 4.78 is 0. The van der Waals surface area contributed by atoms with Gasteiger partial charge < -0.3 is 4.90 Å². The molecule has 0 atom stereocenters. The summed E-state index contributed by atoms with van der Waals surface area (Å²) in [6.45, 7) is 4.17.